The molecule has 3 aromatic carbocycles. The molecule has 1 fully saturated rings. The fourth-order valence-corrected chi connectivity index (χ4v) is 5.42. The Labute approximate surface area is 162 Å². The summed E-state index contributed by atoms with van der Waals surface area (Å²) in [6.07, 6.45) is 0. The molecular formula is C20H16ClNO4S. The van der Waals surface area contributed by atoms with Crippen LogP contribution in [0.3, 0.4) is 0 Å². The summed E-state index contributed by atoms with van der Waals surface area (Å²) in [4.78, 5) is 5.84. The number of rotatable bonds is 2. The third-order valence-corrected chi connectivity index (χ3v) is 7.04. The summed E-state index contributed by atoms with van der Waals surface area (Å²) >= 11 is 5.91. The Kier molecular flexibility index (Phi) is 3.91. The maximum Gasteiger partial charge on any atom is 0.265 e. The molecule has 0 N–H and O–H groups in total. The van der Waals surface area contributed by atoms with Crippen molar-refractivity contribution < 1.29 is 18.0 Å². The summed E-state index contributed by atoms with van der Waals surface area (Å²) in [6.45, 7) is 0.711. The Morgan fingerprint density at radius 2 is 1.74 bits per heavy atom. The maximum atomic E-state index is 13.3. The molecule has 5 nitrogen and oxygen atoms in total. The van der Waals surface area contributed by atoms with Gasteiger partial charge in [0, 0.05) is 16.5 Å². The highest BCUT2D eigenvalue weighted by molar-refractivity contribution is 7.89. The fraction of sp³-hybridized carbons (Fsp3) is 0.200. The summed E-state index contributed by atoms with van der Waals surface area (Å²) in [5, 5.41) is 2.50. The predicted molar refractivity (Wildman–Crippen MR) is 102 cm³/mol. The van der Waals surface area contributed by atoms with Crippen LogP contribution in [0.4, 0.5) is 0 Å². The van der Waals surface area contributed by atoms with Crippen molar-refractivity contribution in [3.8, 4) is 5.75 Å². The number of fused-ring (bicyclic) bond motifs is 5. The minimum Gasteiger partial charge on any atom is -0.493 e. The van der Waals surface area contributed by atoms with E-state index in [-0.39, 0.29) is 10.8 Å². The van der Waals surface area contributed by atoms with E-state index >= 15 is 0 Å². The normalized spacial score (nSPS) is 22.3. The molecule has 27 heavy (non-hydrogen) atoms. The van der Waals surface area contributed by atoms with E-state index in [0.717, 1.165) is 20.8 Å². The van der Waals surface area contributed by atoms with Crippen LogP contribution in [0.25, 0.3) is 10.8 Å². The van der Waals surface area contributed by atoms with Gasteiger partial charge in [-0.15, -0.1) is 0 Å². The zero-order valence-electron chi connectivity index (χ0n) is 14.2. The largest absolute Gasteiger partial charge is 0.493 e. The molecule has 0 bridgehead atoms. The Balaban J connectivity index is 1.67. The summed E-state index contributed by atoms with van der Waals surface area (Å²) < 4.78 is 33.6. The van der Waals surface area contributed by atoms with Crippen LogP contribution < -0.4 is 4.74 Å². The van der Waals surface area contributed by atoms with Crippen LogP contribution in [0.1, 0.15) is 11.6 Å². The molecular weight excluding hydrogens is 386 g/mol. The van der Waals surface area contributed by atoms with Crippen molar-refractivity contribution in [2.75, 3.05) is 13.2 Å². The van der Waals surface area contributed by atoms with Gasteiger partial charge in [-0.3, -0.25) is 4.84 Å². The van der Waals surface area contributed by atoms with E-state index in [1.54, 1.807) is 12.1 Å². The summed E-state index contributed by atoms with van der Waals surface area (Å²) in [7, 11) is -3.84. The van der Waals surface area contributed by atoms with E-state index in [2.05, 4.69) is 0 Å². The predicted octanol–water partition coefficient (Wildman–Crippen LogP) is 4.18. The average Bonchev–Trinajstić information content (AvgIpc) is 3.13. The third kappa shape index (κ3) is 2.63. The van der Waals surface area contributed by atoms with Gasteiger partial charge in [0.25, 0.3) is 10.0 Å². The highest BCUT2D eigenvalue weighted by atomic mass is 35.5. The quantitative estimate of drug-likeness (QED) is 0.646. The molecule has 2 aliphatic rings. The maximum absolute atomic E-state index is 13.3. The minimum atomic E-state index is -3.84. The highest BCUT2D eigenvalue weighted by Gasteiger charge is 2.48. The van der Waals surface area contributed by atoms with Gasteiger partial charge in [-0.2, -0.15) is 0 Å². The molecule has 138 valence electrons. The van der Waals surface area contributed by atoms with Gasteiger partial charge in [0.2, 0.25) is 0 Å². The first-order valence-corrected chi connectivity index (χ1v) is 10.4. The molecule has 0 aliphatic carbocycles. The van der Waals surface area contributed by atoms with E-state index in [4.69, 9.17) is 21.2 Å². The van der Waals surface area contributed by atoms with Crippen molar-refractivity contribution in [2.45, 2.75) is 10.9 Å². The van der Waals surface area contributed by atoms with Gasteiger partial charge < -0.3 is 4.74 Å². The monoisotopic (exact) mass is 401 g/mol. The van der Waals surface area contributed by atoms with Gasteiger partial charge in [0.05, 0.1) is 24.2 Å². The van der Waals surface area contributed by atoms with Gasteiger partial charge in [0.1, 0.15) is 5.75 Å². The summed E-state index contributed by atoms with van der Waals surface area (Å²) in [5.41, 5.74) is 0.861. The van der Waals surface area contributed by atoms with Gasteiger partial charge >= 0.3 is 0 Å². The molecule has 2 atom stereocenters. The molecule has 1 saturated heterocycles. The third-order valence-electron chi connectivity index (χ3n) is 5.12. The molecule has 3 aromatic rings. The molecule has 0 aromatic heterocycles. The second-order valence-electron chi connectivity index (χ2n) is 6.72. The Bertz CT molecular complexity index is 1130. The molecule has 0 unspecified atom stereocenters. The second-order valence-corrected chi connectivity index (χ2v) is 8.94. The SMILES string of the molecule is O=S(=O)(c1ccc(Cl)cc1)N1OC[C@H]2COc3ccc4ccccc4c3[C@H]21. The number of sulfonamides is 1. The molecule has 0 amide bonds. The van der Waals surface area contributed by atoms with Crippen molar-refractivity contribution in [2.24, 2.45) is 5.92 Å². The number of benzene rings is 3. The van der Waals surface area contributed by atoms with Crippen LogP contribution in [0.15, 0.2) is 65.6 Å². The second kappa shape index (κ2) is 6.21. The summed E-state index contributed by atoms with van der Waals surface area (Å²) in [5.74, 6) is 0.641. The number of hydrogen-bond acceptors (Lipinski definition) is 4. The molecule has 0 saturated carbocycles. The zero-order chi connectivity index (χ0) is 18.6. The van der Waals surface area contributed by atoms with Crippen molar-refractivity contribution in [3.05, 3.63) is 71.2 Å². The molecule has 5 rings (SSSR count). The first kappa shape index (κ1) is 17.0. The Hall–Kier alpha value is -2.12. The van der Waals surface area contributed by atoms with Crippen LogP contribution >= 0.6 is 11.6 Å². The van der Waals surface area contributed by atoms with Crippen molar-refractivity contribution in [1.82, 2.24) is 4.47 Å². The smallest absolute Gasteiger partial charge is 0.265 e. The molecule has 2 aliphatic heterocycles. The van der Waals surface area contributed by atoms with E-state index in [1.165, 1.54) is 12.1 Å². The number of hydrogen-bond donors (Lipinski definition) is 0. The van der Waals surface area contributed by atoms with Gasteiger partial charge in [0.15, 0.2) is 0 Å². The lowest BCUT2D eigenvalue weighted by Crippen LogP contribution is -2.35. The van der Waals surface area contributed by atoms with E-state index < -0.39 is 16.1 Å². The number of hydroxylamine groups is 1. The van der Waals surface area contributed by atoms with Gasteiger partial charge in [-0.25, -0.2) is 8.42 Å². The summed E-state index contributed by atoms with van der Waals surface area (Å²) in [6, 6.07) is 17.5. The van der Waals surface area contributed by atoms with Crippen molar-refractivity contribution in [3.63, 3.8) is 0 Å². The molecule has 7 heteroatoms. The molecule has 2 heterocycles. The Morgan fingerprint density at radius 3 is 2.56 bits per heavy atom. The zero-order valence-corrected chi connectivity index (χ0v) is 15.8. The first-order chi connectivity index (χ1) is 13.1. The minimum absolute atomic E-state index is 0.0645. The molecule has 0 radical (unpaired) electrons. The lowest BCUT2D eigenvalue weighted by atomic mass is 9.89. The van der Waals surface area contributed by atoms with Crippen molar-refractivity contribution >= 4 is 32.4 Å². The van der Waals surface area contributed by atoms with Gasteiger partial charge in [-0.05, 0) is 41.1 Å². The lowest BCUT2D eigenvalue weighted by Gasteiger charge is -2.32. The molecule has 0 spiro atoms. The fourth-order valence-electron chi connectivity index (χ4n) is 3.83. The van der Waals surface area contributed by atoms with Crippen LogP contribution in [0.2, 0.25) is 5.02 Å². The van der Waals surface area contributed by atoms with Crippen LogP contribution in [0, 0.1) is 5.92 Å². The van der Waals surface area contributed by atoms with Gasteiger partial charge in [-0.1, -0.05) is 46.4 Å². The van der Waals surface area contributed by atoms with Crippen molar-refractivity contribution in [1.29, 1.82) is 0 Å². The highest BCUT2D eigenvalue weighted by Crippen LogP contribution is 2.48. The van der Waals surface area contributed by atoms with E-state index in [0.29, 0.717) is 24.0 Å². The number of halogens is 1. The topological polar surface area (TPSA) is 55.8 Å². The van der Waals surface area contributed by atoms with E-state index in [1.807, 2.05) is 36.4 Å². The number of nitrogens with zero attached hydrogens (tertiary/aromatic N) is 1. The standard InChI is InChI=1S/C20H16ClNO4S/c21-15-6-8-16(9-7-15)27(23,24)22-20-14(12-26-22)11-25-18-10-5-13-3-1-2-4-17(13)19(18)20/h1-10,14,20H,11-12H2/t14-,20+/m1/s1. The Morgan fingerprint density at radius 1 is 0.963 bits per heavy atom. The average molecular weight is 402 g/mol. The van der Waals surface area contributed by atoms with E-state index in [9.17, 15) is 8.42 Å². The first-order valence-electron chi connectivity index (χ1n) is 8.63. The lowest BCUT2D eigenvalue weighted by molar-refractivity contribution is -0.0499. The number of ether oxygens (including phenoxy) is 1. The van der Waals surface area contributed by atoms with Crippen LogP contribution in [-0.2, 0) is 14.9 Å². The van der Waals surface area contributed by atoms with Crippen LogP contribution in [0.5, 0.6) is 5.75 Å². The van der Waals surface area contributed by atoms with Crippen LogP contribution in [-0.4, -0.2) is 26.1 Å².